The van der Waals surface area contributed by atoms with Crippen molar-refractivity contribution >= 4 is 23.2 Å². The summed E-state index contributed by atoms with van der Waals surface area (Å²) in [4.78, 5) is 8.69. The quantitative estimate of drug-likeness (QED) is 0.423. The zero-order chi connectivity index (χ0) is 19.2. The van der Waals surface area contributed by atoms with Gasteiger partial charge in [0.15, 0.2) is 5.82 Å². The first-order chi connectivity index (χ1) is 13.0. The molecule has 2 aromatic heterocycles. The van der Waals surface area contributed by atoms with Crippen molar-refractivity contribution in [1.82, 2.24) is 15.1 Å². The predicted molar refractivity (Wildman–Crippen MR) is 106 cm³/mol. The number of aryl methyl sites for hydroxylation is 2. The van der Waals surface area contributed by atoms with Gasteiger partial charge in [0.2, 0.25) is 5.95 Å². The van der Waals surface area contributed by atoms with Crippen LogP contribution in [0.3, 0.4) is 0 Å². The predicted octanol–water partition coefficient (Wildman–Crippen LogP) is 4.39. The van der Waals surface area contributed by atoms with Crippen molar-refractivity contribution in [2.75, 3.05) is 17.2 Å². The maximum absolute atomic E-state index is 10.2. The van der Waals surface area contributed by atoms with Crippen molar-refractivity contribution in [1.29, 1.82) is 0 Å². The summed E-state index contributed by atoms with van der Waals surface area (Å²) in [5.41, 5.74) is 2.45. The third kappa shape index (κ3) is 5.18. The molecule has 27 heavy (non-hydrogen) atoms. The van der Waals surface area contributed by atoms with Crippen LogP contribution in [0.25, 0.3) is 5.57 Å². The Hall–Kier alpha value is -3.61. The summed E-state index contributed by atoms with van der Waals surface area (Å²) in [6, 6.07) is 13.2. The highest BCUT2D eigenvalue weighted by atomic mass is 16.5. The first-order valence-electron chi connectivity index (χ1n) is 8.43. The molecule has 0 aliphatic carbocycles. The molecular formula is C20H21N5O2. The number of aliphatic hydroxyl groups is 1. The van der Waals surface area contributed by atoms with E-state index in [4.69, 9.17) is 4.52 Å². The molecule has 2 heterocycles. The minimum absolute atomic E-state index is 0.135. The Kier molecular flexibility index (Phi) is 5.51. The second kappa shape index (κ2) is 8.18. The molecule has 7 heteroatoms. The molecule has 0 amide bonds. The fraction of sp³-hybridized carbons (Fsp3) is 0.150. The second-order valence-electron chi connectivity index (χ2n) is 6.05. The van der Waals surface area contributed by atoms with Gasteiger partial charge in [-0.3, -0.25) is 0 Å². The number of nitrogens with one attached hydrogen (secondary N) is 2. The largest absolute Gasteiger partial charge is 0.510 e. The first-order valence-corrected chi connectivity index (χ1v) is 8.43. The van der Waals surface area contributed by atoms with Crippen LogP contribution in [0.15, 0.2) is 65.4 Å². The van der Waals surface area contributed by atoms with E-state index < -0.39 is 0 Å². The molecule has 0 saturated heterocycles. The number of nitrogens with zero attached hydrogens (tertiary/aromatic N) is 3. The van der Waals surface area contributed by atoms with Crippen LogP contribution >= 0.6 is 0 Å². The van der Waals surface area contributed by atoms with E-state index in [0.29, 0.717) is 23.3 Å². The number of rotatable bonds is 7. The Morgan fingerprint density at radius 2 is 1.93 bits per heavy atom. The van der Waals surface area contributed by atoms with Gasteiger partial charge in [-0.05, 0) is 31.1 Å². The number of aliphatic hydroxyl groups excluding tert-OH is 1. The van der Waals surface area contributed by atoms with E-state index in [1.807, 2.05) is 44.2 Å². The van der Waals surface area contributed by atoms with Gasteiger partial charge < -0.3 is 20.3 Å². The monoisotopic (exact) mass is 363 g/mol. The van der Waals surface area contributed by atoms with E-state index in [1.165, 1.54) is 0 Å². The molecule has 0 bridgehead atoms. The second-order valence-corrected chi connectivity index (χ2v) is 6.05. The van der Waals surface area contributed by atoms with Crippen LogP contribution in [-0.4, -0.2) is 26.8 Å². The SMILES string of the molecule is C=C(/C=C(\O)CNc1nc(C)cc(Nc2cc(C)on2)n1)c1ccccc1. The molecule has 0 saturated carbocycles. The molecular weight excluding hydrogens is 342 g/mol. The maximum atomic E-state index is 10.2. The van der Waals surface area contributed by atoms with E-state index in [0.717, 1.165) is 16.8 Å². The molecule has 7 nitrogen and oxygen atoms in total. The van der Waals surface area contributed by atoms with Crippen LogP contribution in [0.1, 0.15) is 17.0 Å². The molecule has 3 rings (SSSR count). The Morgan fingerprint density at radius 3 is 2.63 bits per heavy atom. The number of hydrogen-bond donors (Lipinski definition) is 3. The lowest BCUT2D eigenvalue weighted by Gasteiger charge is -2.09. The molecule has 138 valence electrons. The van der Waals surface area contributed by atoms with Gasteiger partial charge in [-0.25, -0.2) is 4.98 Å². The molecule has 0 radical (unpaired) electrons. The average molecular weight is 363 g/mol. The van der Waals surface area contributed by atoms with E-state index in [-0.39, 0.29) is 12.3 Å². The summed E-state index contributed by atoms with van der Waals surface area (Å²) in [5, 5.41) is 20.1. The molecule has 0 unspecified atom stereocenters. The highest BCUT2D eigenvalue weighted by Gasteiger charge is 2.06. The lowest BCUT2D eigenvalue weighted by molar-refractivity contribution is 0.400. The van der Waals surface area contributed by atoms with Gasteiger partial charge >= 0.3 is 0 Å². The maximum Gasteiger partial charge on any atom is 0.225 e. The van der Waals surface area contributed by atoms with Crippen molar-refractivity contribution in [3.8, 4) is 0 Å². The van der Waals surface area contributed by atoms with Crippen molar-refractivity contribution in [3.05, 3.63) is 77.9 Å². The normalized spacial score (nSPS) is 11.3. The fourth-order valence-corrected chi connectivity index (χ4v) is 2.43. The Bertz CT molecular complexity index is 964. The third-order valence-electron chi connectivity index (χ3n) is 3.65. The number of benzene rings is 1. The van der Waals surface area contributed by atoms with E-state index in [9.17, 15) is 5.11 Å². The summed E-state index contributed by atoms with van der Waals surface area (Å²) in [7, 11) is 0. The van der Waals surface area contributed by atoms with Gasteiger partial charge in [0.1, 0.15) is 17.3 Å². The Labute approximate surface area is 157 Å². The lowest BCUT2D eigenvalue weighted by Crippen LogP contribution is -2.09. The summed E-state index contributed by atoms with van der Waals surface area (Å²) in [6.07, 6.45) is 1.62. The minimum Gasteiger partial charge on any atom is -0.510 e. The summed E-state index contributed by atoms with van der Waals surface area (Å²) < 4.78 is 5.03. The van der Waals surface area contributed by atoms with Gasteiger partial charge in [-0.2, -0.15) is 4.98 Å². The number of aromatic nitrogens is 3. The van der Waals surface area contributed by atoms with Gasteiger partial charge in [0.05, 0.1) is 6.54 Å². The lowest BCUT2D eigenvalue weighted by atomic mass is 10.1. The summed E-state index contributed by atoms with van der Waals surface area (Å²) in [6.45, 7) is 7.83. The standard InChI is InChI=1S/C20H21N5O2/c1-13(16-7-5-4-6-8-16)9-17(26)12-21-20-22-14(2)10-18(24-20)23-19-11-15(3)27-25-19/h4-11,26H,1,12H2,2-3H3,(H2,21,22,23,24,25)/b17-9-. The number of hydrogen-bond acceptors (Lipinski definition) is 7. The van der Waals surface area contributed by atoms with E-state index >= 15 is 0 Å². The van der Waals surface area contributed by atoms with Gasteiger partial charge in [0.25, 0.3) is 0 Å². The summed E-state index contributed by atoms with van der Waals surface area (Å²) >= 11 is 0. The van der Waals surface area contributed by atoms with Crippen molar-refractivity contribution in [2.45, 2.75) is 13.8 Å². The van der Waals surface area contributed by atoms with Crippen LogP contribution in [0.5, 0.6) is 0 Å². The zero-order valence-corrected chi connectivity index (χ0v) is 15.2. The van der Waals surface area contributed by atoms with Crippen molar-refractivity contribution in [3.63, 3.8) is 0 Å². The topological polar surface area (TPSA) is 96.1 Å². The van der Waals surface area contributed by atoms with Crippen molar-refractivity contribution < 1.29 is 9.63 Å². The zero-order valence-electron chi connectivity index (χ0n) is 15.2. The van der Waals surface area contributed by atoms with E-state index in [1.54, 1.807) is 18.2 Å². The molecule has 3 aromatic rings. The van der Waals surface area contributed by atoms with Gasteiger partial charge in [-0.15, -0.1) is 0 Å². The Morgan fingerprint density at radius 1 is 1.15 bits per heavy atom. The Balaban J connectivity index is 1.65. The minimum atomic E-state index is 0.135. The number of allylic oxidation sites excluding steroid dienone is 2. The molecule has 3 N–H and O–H groups in total. The molecule has 0 aliphatic rings. The molecule has 0 aliphatic heterocycles. The smallest absolute Gasteiger partial charge is 0.225 e. The average Bonchev–Trinajstić information content (AvgIpc) is 3.05. The van der Waals surface area contributed by atoms with Crippen LogP contribution in [0.2, 0.25) is 0 Å². The van der Waals surface area contributed by atoms with Crippen LogP contribution in [-0.2, 0) is 0 Å². The van der Waals surface area contributed by atoms with Crippen LogP contribution in [0, 0.1) is 13.8 Å². The van der Waals surface area contributed by atoms with Gasteiger partial charge in [-0.1, -0.05) is 42.1 Å². The molecule has 1 aromatic carbocycles. The summed E-state index contributed by atoms with van der Waals surface area (Å²) in [5.74, 6) is 2.38. The molecule has 0 atom stereocenters. The van der Waals surface area contributed by atoms with Crippen LogP contribution < -0.4 is 10.6 Å². The fourth-order valence-electron chi connectivity index (χ4n) is 2.43. The number of anilines is 3. The van der Waals surface area contributed by atoms with E-state index in [2.05, 4.69) is 32.3 Å². The van der Waals surface area contributed by atoms with Gasteiger partial charge in [0, 0.05) is 17.8 Å². The first kappa shape index (κ1) is 18.2. The van der Waals surface area contributed by atoms with Crippen molar-refractivity contribution in [2.24, 2.45) is 0 Å². The molecule has 0 fully saturated rings. The van der Waals surface area contributed by atoms with Crippen LogP contribution in [0.4, 0.5) is 17.6 Å². The highest BCUT2D eigenvalue weighted by molar-refractivity contribution is 5.72. The third-order valence-corrected chi connectivity index (χ3v) is 3.65. The highest BCUT2D eigenvalue weighted by Crippen LogP contribution is 2.17. The molecule has 0 spiro atoms.